The van der Waals surface area contributed by atoms with Gasteiger partial charge in [0.15, 0.2) is 0 Å². The van der Waals surface area contributed by atoms with E-state index in [1.54, 1.807) is 11.8 Å². The minimum absolute atomic E-state index is 1.17. The molecule has 0 unspecified atom stereocenters. The first-order chi connectivity index (χ1) is 10.8. The van der Waals surface area contributed by atoms with Crippen LogP contribution in [0.4, 0.5) is 17.1 Å². The van der Waals surface area contributed by atoms with Crippen molar-refractivity contribution >= 4 is 28.8 Å². The summed E-state index contributed by atoms with van der Waals surface area (Å²) in [6, 6.07) is 27.6. The summed E-state index contributed by atoms with van der Waals surface area (Å²) in [4.78, 5) is 3.61. The second kappa shape index (κ2) is 6.71. The molecular formula is C20H19NS. The van der Waals surface area contributed by atoms with Crippen LogP contribution in [-0.2, 0) is 0 Å². The third kappa shape index (κ3) is 3.02. The van der Waals surface area contributed by atoms with Gasteiger partial charge >= 0.3 is 0 Å². The number of rotatable bonds is 4. The smallest absolute Gasteiger partial charge is 0.0465 e. The van der Waals surface area contributed by atoms with Crippen LogP contribution < -0.4 is 4.90 Å². The van der Waals surface area contributed by atoms with Crippen LogP contribution in [0.3, 0.4) is 0 Å². The first kappa shape index (κ1) is 14.7. The zero-order valence-corrected chi connectivity index (χ0v) is 13.7. The summed E-state index contributed by atoms with van der Waals surface area (Å²) in [5.41, 5.74) is 4.84. The third-order valence-corrected chi connectivity index (χ3v) is 4.56. The lowest BCUT2D eigenvalue weighted by Crippen LogP contribution is -2.09. The van der Waals surface area contributed by atoms with Crippen LogP contribution in [0.15, 0.2) is 83.8 Å². The van der Waals surface area contributed by atoms with E-state index in [1.165, 1.54) is 27.5 Å². The van der Waals surface area contributed by atoms with Crippen molar-refractivity contribution < 1.29 is 0 Å². The van der Waals surface area contributed by atoms with E-state index in [4.69, 9.17) is 0 Å². The van der Waals surface area contributed by atoms with Crippen molar-refractivity contribution in [3.8, 4) is 0 Å². The Kier molecular flexibility index (Phi) is 4.50. The van der Waals surface area contributed by atoms with Crippen molar-refractivity contribution in [1.29, 1.82) is 0 Å². The van der Waals surface area contributed by atoms with E-state index in [0.29, 0.717) is 0 Å². The molecule has 0 heterocycles. The fourth-order valence-electron chi connectivity index (χ4n) is 2.60. The summed E-state index contributed by atoms with van der Waals surface area (Å²) in [5.74, 6) is 0. The average molecular weight is 305 g/mol. The maximum absolute atomic E-state index is 2.29. The van der Waals surface area contributed by atoms with Crippen molar-refractivity contribution in [2.45, 2.75) is 11.8 Å². The molecule has 0 aliphatic heterocycles. The highest BCUT2D eigenvalue weighted by Gasteiger charge is 2.12. The number of nitrogens with zero attached hydrogens (tertiary/aromatic N) is 1. The van der Waals surface area contributed by atoms with Crippen LogP contribution in [0.25, 0.3) is 0 Å². The highest BCUT2D eigenvalue weighted by atomic mass is 32.2. The van der Waals surface area contributed by atoms with Gasteiger partial charge in [-0.2, -0.15) is 0 Å². The van der Waals surface area contributed by atoms with Crippen LogP contribution >= 0.6 is 11.8 Å². The van der Waals surface area contributed by atoms with Gasteiger partial charge in [0.1, 0.15) is 0 Å². The van der Waals surface area contributed by atoms with Gasteiger partial charge in [-0.3, -0.25) is 0 Å². The second-order valence-electron chi connectivity index (χ2n) is 5.16. The zero-order chi connectivity index (χ0) is 15.4. The van der Waals surface area contributed by atoms with Gasteiger partial charge in [-0.15, -0.1) is 11.8 Å². The lowest BCUT2D eigenvalue weighted by molar-refractivity contribution is 1.23. The standard InChI is InChI=1S/C20H19NS/c1-16-15-19(13-14-20(16)22-2)21(17-9-5-3-6-10-17)18-11-7-4-8-12-18/h3-15H,1-2H3. The summed E-state index contributed by atoms with van der Waals surface area (Å²) in [5, 5.41) is 0. The Bertz CT molecular complexity index is 699. The predicted octanol–water partition coefficient (Wildman–Crippen LogP) is 6.19. The molecule has 0 N–H and O–H groups in total. The second-order valence-corrected chi connectivity index (χ2v) is 6.01. The Labute approximate surface area is 136 Å². The van der Waals surface area contributed by atoms with Crippen LogP contribution in [0, 0.1) is 6.92 Å². The molecule has 0 fully saturated rings. The topological polar surface area (TPSA) is 3.24 Å². The number of anilines is 3. The number of hydrogen-bond acceptors (Lipinski definition) is 2. The van der Waals surface area contributed by atoms with Crippen molar-refractivity contribution in [3.63, 3.8) is 0 Å². The molecule has 3 rings (SSSR count). The van der Waals surface area contributed by atoms with Crippen LogP contribution in [0.2, 0.25) is 0 Å². The molecule has 0 aliphatic carbocycles. The molecule has 0 saturated heterocycles. The van der Waals surface area contributed by atoms with Gasteiger partial charge in [-0.1, -0.05) is 36.4 Å². The number of thioether (sulfide) groups is 1. The molecule has 0 radical (unpaired) electrons. The van der Waals surface area contributed by atoms with Crippen LogP contribution in [0.5, 0.6) is 0 Å². The summed E-state index contributed by atoms with van der Waals surface area (Å²) in [6.45, 7) is 2.17. The minimum atomic E-state index is 1.17. The molecule has 3 aromatic rings. The highest BCUT2D eigenvalue weighted by molar-refractivity contribution is 7.98. The van der Waals surface area contributed by atoms with E-state index in [-0.39, 0.29) is 0 Å². The quantitative estimate of drug-likeness (QED) is 0.529. The molecule has 110 valence electrons. The Morgan fingerprint density at radius 3 is 1.68 bits per heavy atom. The molecule has 0 spiro atoms. The van der Waals surface area contributed by atoms with E-state index < -0.39 is 0 Å². The van der Waals surface area contributed by atoms with Gasteiger partial charge in [0.2, 0.25) is 0 Å². The SMILES string of the molecule is CSc1ccc(N(c2ccccc2)c2ccccc2)cc1C. The molecule has 0 aromatic heterocycles. The minimum Gasteiger partial charge on any atom is -0.310 e. The summed E-state index contributed by atoms with van der Waals surface area (Å²) in [6.07, 6.45) is 2.12. The monoisotopic (exact) mass is 305 g/mol. The van der Waals surface area contributed by atoms with Crippen molar-refractivity contribution in [2.75, 3.05) is 11.2 Å². The number of benzene rings is 3. The van der Waals surface area contributed by atoms with Crippen molar-refractivity contribution in [2.24, 2.45) is 0 Å². The van der Waals surface area contributed by atoms with E-state index in [0.717, 1.165) is 0 Å². The predicted molar refractivity (Wildman–Crippen MR) is 97.6 cm³/mol. The molecule has 0 amide bonds. The molecule has 0 saturated carbocycles. The molecule has 0 aliphatic rings. The number of para-hydroxylation sites is 2. The van der Waals surface area contributed by atoms with E-state index >= 15 is 0 Å². The normalized spacial score (nSPS) is 10.5. The Balaban J connectivity index is 2.12. The number of aryl methyl sites for hydroxylation is 1. The van der Waals surface area contributed by atoms with E-state index in [9.17, 15) is 0 Å². The zero-order valence-electron chi connectivity index (χ0n) is 12.9. The molecule has 1 nitrogen and oxygen atoms in total. The van der Waals surface area contributed by atoms with Crippen molar-refractivity contribution in [1.82, 2.24) is 0 Å². The third-order valence-electron chi connectivity index (χ3n) is 3.67. The van der Waals surface area contributed by atoms with Gasteiger partial charge in [0, 0.05) is 22.0 Å². The van der Waals surface area contributed by atoms with Gasteiger partial charge in [0.25, 0.3) is 0 Å². The van der Waals surface area contributed by atoms with Gasteiger partial charge in [-0.25, -0.2) is 0 Å². The summed E-state index contributed by atoms with van der Waals surface area (Å²) >= 11 is 1.79. The fourth-order valence-corrected chi connectivity index (χ4v) is 3.19. The van der Waals surface area contributed by atoms with Gasteiger partial charge in [0.05, 0.1) is 0 Å². The molecule has 3 aromatic carbocycles. The van der Waals surface area contributed by atoms with Crippen LogP contribution in [-0.4, -0.2) is 6.26 Å². The molecular weight excluding hydrogens is 286 g/mol. The lowest BCUT2D eigenvalue weighted by Gasteiger charge is -2.26. The largest absolute Gasteiger partial charge is 0.310 e. The molecule has 22 heavy (non-hydrogen) atoms. The molecule has 2 heteroatoms. The maximum atomic E-state index is 2.29. The Hall–Kier alpha value is -2.19. The first-order valence-corrected chi connectivity index (χ1v) is 8.57. The number of hydrogen-bond donors (Lipinski definition) is 0. The van der Waals surface area contributed by atoms with Crippen LogP contribution in [0.1, 0.15) is 5.56 Å². The highest BCUT2D eigenvalue weighted by Crippen LogP contribution is 2.35. The van der Waals surface area contributed by atoms with E-state index in [1.807, 2.05) is 0 Å². The maximum Gasteiger partial charge on any atom is 0.0465 e. The fraction of sp³-hybridized carbons (Fsp3) is 0.100. The van der Waals surface area contributed by atoms with Crippen molar-refractivity contribution in [3.05, 3.63) is 84.4 Å². The molecule has 0 atom stereocenters. The van der Waals surface area contributed by atoms with E-state index in [2.05, 4.69) is 96.9 Å². The van der Waals surface area contributed by atoms with Gasteiger partial charge in [-0.05, 0) is 61.2 Å². The Morgan fingerprint density at radius 2 is 1.23 bits per heavy atom. The summed E-state index contributed by atoms with van der Waals surface area (Å²) < 4.78 is 0. The summed E-state index contributed by atoms with van der Waals surface area (Å²) in [7, 11) is 0. The average Bonchev–Trinajstić information content (AvgIpc) is 2.57. The lowest BCUT2D eigenvalue weighted by atomic mass is 10.1. The molecule has 0 bridgehead atoms. The van der Waals surface area contributed by atoms with Gasteiger partial charge < -0.3 is 4.90 Å². The first-order valence-electron chi connectivity index (χ1n) is 7.34. The Morgan fingerprint density at radius 1 is 0.682 bits per heavy atom.